The van der Waals surface area contributed by atoms with E-state index in [9.17, 15) is 14.4 Å². The fraction of sp³-hybridized carbons (Fsp3) is 0.190. The number of rotatable bonds is 7. The molecule has 2 aromatic carbocycles. The van der Waals surface area contributed by atoms with Crippen molar-refractivity contribution >= 4 is 23.8 Å². The molecule has 28 heavy (non-hydrogen) atoms. The third-order valence-electron chi connectivity index (χ3n) is 3.57. The maximum absolute atomic E-state index is 12.4. The lowest BCUT2D eigenvalue weighted by atomic mass is 10.1. The SMILES string of the molecule is COc1cc(/C=C\C(=O)c2ccc(OC(C)=O)c(OC)c2)ccc1OC(C)=O. The molecule has 0 N–H and O–H groups in total. The number of hydrogen-bond acceptors (Lipinski definition) is 7. The zero-order chi connectivity index (χ0) is 20.7. The number of benzene rings is 2. The van der Waals surface area contributed by atoms with Gasteiger partial charge in [0.25, 0.3) is 0 Å². The Morgan fingerprint density at radius 2 is 1.29 bits per heavy atom. The number of esters is 2. The van der Waals surface area contributed by atoms with E-state index in [0.717, 1.165) is 0 Å². The molecule has 0 heterocycles. The molecular weight excluding hydrogens is 364 g/mol. The van der Waals surface area contributed by atoms with Crippen LogP contribution in [0.1, 0.15) is 29.8 Å². The van der Waals surface area contributed by atoms with E-state index >= 15 is 0 Å². The predicted molar refractivity (Wildman–Crippen MR) is 102 cm³/mol. The van der Waals surface area contributed by atoms with E-state index in [-0.39, 0.29) is 17.3 Å². The van der Waals surface area contributed by atoms with Gasteiger partial charge in [0.05, 0.1) is 14.2 Å². The molecule has 146 valence electrons. The predicted octanol–water partition coefficient (Wildman–Crippen LogP) is 3.45. The average molecular weight is 384 g/mol. The maximum Gasteiger partial charge on any atom is 0.308 e. The topological polar surface area (TPSA) is 88.1 Å². The van der Waals surface area contributed by atoms with E-state index in [2.05, 4.69) is 0 Å². The molecule has 0 aromatic heterocycles. The van der Waals surface area contributed by atoms with E-state index in [1.54, 1.807) is 24.3 Å². The molecule has 2 rings (SSSR count). The molecule has 0 saturated heterocycles. The molecule has 7 heteroatoms. The molecule has 2 aromatic rings. The first kappa shape index (κ1) is 20.7. The summed E-state index contributed by atoms with van der Waals surface area (Å²) in [6.07, 6.45) is 3.00. The van der Waals surface area contributed by atoms with Crippen molar-refractivity contribution in [3.05, 3.63) is 53.6 Å². The number of carbonyl (C=O) groups excluding carboxylic acids is 3. The summed E-state index contributed by atoms with van der Waals surface area (Å²) in [7, 11) is 2.88. The molecule has 0 unspecified atom stereocenters. The fourth-order valence-electron chi connectivity index (χ4n) is 2.36. The molecule has 0 saturated carbocycles. The van der Waals surface area contributed by atoms with Gasteiger partial charge in [-0.25, -0.2) is 0 Å². The molecule has 0 aliphatic heterocycles. The highest BCUT2D eigenvalue weighted by molar-refractivity contribution is 6.07. The number of allylic oxidation sites excluding steroid dienone is 1. The number of methoxy groups -OCH3 is 2. The summed E-state index contributed by atoms with van der Waals surface area (Å²) < 4.78 is 20.4. The van der Waals surface area contributed by atoms with Crippen molar-refractivity contribution in [2.24, 2.45) is 0 Å². The Balaban J connectivity index is 2.21. The van der Waals surface area contributed by atoms with Gasteiger partial charge < -0.3 is 18.9 Å². The lowest BCUT2D eigenvalue weighted by Crippen LogP contribution is -2.04. The van der Waals surface area contributed by atoms with E-state index in [1.165, 1.54) is 52.3 Å². The Kier molecular flexibility index (Phi) is 6.92. The number of ketones is 1. The van der Waals surface area contributed by atoms with E-state index in [1.807, 2.05) is 0 Å². The van der Waals surface area contributed by atoms with Crippen LogP contribution in [-0.4, -0.2) is 31.9 Å². The van der Waals surface area contributed by atoms with Crippen LogP contribution in [0, 0.1) is 0 Å². The van der Waals surface area contributed by atoms with Crippen molar-refractivity contribution in [3.8, 4) is 23.0 Å². The normalized spacial score (nSPS) is 10.4. The molecule has 0 aliphatic rings. The zero-order valence-electron chi connectivity index (χ0n) is 16.0. The van der Waals surface area contributed by atoms with Crippen molar-refractivity contribution in [1.82, 2.24) is 0 Å². The monoisotopic (exact) mass is 384 g/mol. The molecule has 7 nitrogen and oxygen atoms in total. The first-order valence-electron chi connectivity index (χ1n) is 8.29. The second kappa shape index (κ2) is 9.36. The van der Waals surface area contributed by atoms with E-state index in [0.29, 0.717) is 22.6 Å². The van der Waals surface area contributed by atoms with Crippen LogP contribution in [0.15, 0.2) is 42.5 Å². The molecule has 0 amide bonds. The summed E-state index contributed by atoms with van der Waals surface area (Å²) in [5, 5.41) is 0. The minimum Gasteiger partial charge on any atom is -0.493 e. The Bertz CT molecular complexity index is 928. The van der Waals surface area contributed by atoms with Crippen LogP contribution in [0.2, 0.25) is 0 Å². The summed E-state index contributed by atoms with van der Waals surface area (Å²) >= 11 is 0. The van der Waals surface area contributed by atoms with Crippen molar-refractivity contribution in [2.75, 3.05) is 14.2 Å². The summed E-state index contributed by atoms with van der Waals surface area (Å²) in [6, 6.07) is 9.45. The molecule has 0 aliphatic carbocycles. The van der Waals surface area contributed by atoms with Crippen LogP contribution in [0.4, 0.5) is 0 Å². The zero-order valence-corrected chi connectivity index (χ0v) is 16.0. The van der Waals surface area contributed by atoms with Gasteiger partial charge in [-0.15, -0.1) is 0 Å². The largest absolute Gasteiger partial charge is 0.493 e. The molecule has 0 radical (unpaired) electrons. The molecular formula is C21H20O7. The average Bonchev–Trinajstić information content (AvgIpc) is 2.66. The van der Waals surface area contributed by atoms with Gasteiger partial charge in [-0.05, 0) is 42.0 Å². The molecule has 0 atom stereocenters. The van der Waals surface area contributed by atoms with Gasteiger partial charge in [-0.2, -0.15) is 0 Å². The van der Waals surface area contributed by atoms with Gasteiger partial charge in [0.15, 0.2) is 28.8 Å². The lowest BCUT2D eigenvalue weighted by molar-refractivity contribution is -0.132. The summed E-state index contributed by atoms with van der Waals surface area (Å²) in [4.78, 5) is 34.6. The minimum atomic E-state index is -0.483. The Morgan fingerprint density at radius 3 is 1.82 bits per heavy atom. The van der Waals surface area contributed by atoms with Crippen molar-refractivity contribution in [2.45, 2.75) is 13.8 Å². The summed E-state index contributed by atoms with van der Waals surface area (Å²) in [5.41, 5.74) is 1.05. The second-order valence-corrected chi connectivity index (χ2v) is 5.66. The van der Waals surface area contributed by atoms with Crippen LogP contribution < -0.4 is 18.9 Å². The highest BCUT2D eigenvalue weighted by Crippen LogP contribution is 2.30. The van der Waals surface area contributed by atoms with Gasteiger partial charge in [-0.3, -0.25) is 14.4 Å². The Hall–Kier alpha value is -3.61. The van der Waals surface area contributed by atoms with Gasteiger partial charge in [-0.1, -0.05) is 12.1 Å². The van der Waals surface area contributed by atoms with Crippen LogP contribution in [0.3, 0.4) is 0 Å². The van der Waals surface area contributed by atoms with Crippen LogP contribution >= 0.6 is 0 Å². The smallest absolute Gasteiger partial charge is 0.308 e. The standard InChI is InChI=1S/C21H20O7/c1-13(22)27-18-9-6-15(11-20(18)25-3)5-8-17(24)16-7-10-19(28-14(2)23)21(12-16)26-4/h5-12H,1-4H3/b8-5-. The quantitative estimate of drug-likeness (QED) is 0.313. The van der Waals surface area contributed by atoms with Crippen LogP contribution in [-0.2, 0) is 9.59 Å². The molecule has 0 fully saturated rings. The highest BCUT2D eigenvalue weighted by atomic mass is 16.6. The van der Waals surface area contributed by atoms with E-state index < -0.39 is 11.9 Å². The first-order chi connectivity index (χ1) is 13.3. The van der Waals surface area contributed by atoms with E-state index in [4.69, 9.17) is 18.9 Å². The van der Waals surface area contributed by atoms with Crippen molar-refractivity contribution < 1.29 is 33.3 Å². The first-order valence-corrected chi connectivity index (χ1v) is 8.29. The minimum absolute atomic E-state index is 0.237. The number of ether oxygens (including phenoxy) is 4. The lowest BCUT2D eigenvalue weighted by Gasteiger charge is -2.09. The number of hydrogen-bond donors (Lipinski definition) is 0. The van der Waals surface area contributed by atoms with Gasteiger partial charge >= 0.3 is 11.9 Å². The molecule has 0 bridgehead atoms. The number of carbonyl (C=O) groups is 3. The van der Waals surface area contributed by atoms with Gasteiger partial charge in [0, 0.05) is 19.4 Å². The third-order valence-corrected chi connectivity index (χ3v) is 3.57. The van der Waals surface area contributed by atoms with Crippen molar-refractivity contribution in [3.63, 3.8) is 0 Å². The van der Waals surface area contributed by atoms with Gasteiger partial charge in [0.1, 0.15) is 0 Å². The van der Waals surface area contributed by atoms with Crippen LogP contribution in [0.5, 0.6) is 23.0 Å². The fourth-order valence-corrected chi connectivity index (χ4v) is 2.36. The third kappa shape index (κ3) is 5.44. The highest BCUT2D eigenvalue weighted by Gasteiger charge is 2.11. The molecule has 0 spiro atoms. The van der Waals surface area contributed by atoms with Crippen molar-refractivity contribution in [1.29, 1.82) is 0 Å². The maximum atomic E-state index is 12.4. The van der Waals surface area contributed by atoms with Crippen LogP contribution in [0.25, 0.3) is 6.08 Å². The summed E-state index contributed by atoms with van der Waals surface area (Å²) in [6.45, 7) is 2.58. The summed E-state index contributed by atoms with van der Waals surface area (Å²) in [5.74, 6) is -0.0216. The van der Waals surface area contributed by atoms with Gasteiger partial charge in [0.2, 0.25) is 0 Å². The Labute approximate surface area is 162 Å². The second-order valence-electron chi connectivity index (χ2n) is 5.66. The Morgan fingerprint density at radius 1 is 0.750 bits per heavy atom.